The average molecular weight is 312 g/mol. The van der Waals surface area contributed by atoms with E-state index < -0.39 is 42.4 Å². The zero-order valence-corrected chi connectivity index (χ0v) is 11.1. The van der Waals surface area contributed by atoms with Crippen LogP contribution in [0.1, 0.15) is 33.6 Å². The molecule has 0 aliphatic heterocycles. The minimum absolute atomic E-state index is 0.232. The smallest absolute Gasteiger partial charge is 0.453 e. The lowest BCUT2D eigenvalue weighted by molar-refractivity contribution is -0.302. The van der Waals surface area contributed by atoms with Crippen LogP contribution in [-0.4, -0.2) is 30.6 Å². The minimum atomic E-state index is -6.08. The quantitative estimate of drug-likeness (QED) is 0.543. The first-order chi connectivity index (χ1) is 8.65. The van der Waals surface area contributed by atoms with E-state index in [0.29, 0.717) is 0 Å². The van der Waals surface area contributed by atoms with Crippen molar-refractivity contribution in [2.45, 2.75) is 51.6 Å². The van der Waals surface area contributed by atoms with Crippen molar-refractivity contribution in [3.63, 3.8) is 0 Å². The molecule has 120 valence electrons. The Morgan fingerprint density at radius 3 is 1.80 bits per heavy atom. The van der Waals surface area contributed by atoms with Gasteiger partial charge in [-0.25, -0.2) is 8.78 Å². The molecule has 2 nitrogen and oxygen atoms in total. The van der Waals surface area contributed by atoms with Crippen molar-refractivity contribution >= 4 is 5.97 Å². The van der Waals surface area contributed by atoms with E-state index in [4.69, 9.17) is 0 Å². The Morgan fingerprint density at radius 2 is 1.45 bits per heavy atom. The number of alkyl halides is 7. The second-order valence-corrected chi connectivity index (χ2v) is 5.05. The van der Waals surface area contributed by atoms with Crippen LogP contribution in [0.4, 0.5) is 30.7 Å². The van der Waals surface area contributed by atoms with Gasteiger partial charge in [-0.3, -0.25) is 4.79 Å². The van der Waals surface area contributed by atoms with E-state index in [1.165, 1.54) is 13.8 Å². The van der Waals surface area contributed by atoms with Gasteiger partial charge in [0.2, 0.25) is 0 Å². The Labute approximate surface area is 111 Å². The average Bonchev–Trinajstić information content (AvgIpc) is 2.22. The van der Waals surface area contributed by atoms with Gasteiger partial charge in [0, 0.05) is 0 Å². The van der Waals surface area contributed by atoms with Crippen molar-refractivity contribution in [3.05, 3.63) is 0 Å². The summed E-state index contributed by atoms with van der Waals surface area (Å²) in [6.45, 7) is 2.49. The molecular weight excluding hydrogens is 297 g/mol. The third kappa shape index (κ3) is 5.16. The van der Waals surface area contributed by atoms with Gasteiger partial charge in [0.15, 0.2) is 6.61 Å². The number of rotatable bonds is 6. The van der Waals surface area contributed by atoms with Crippen LogP contribution in [-0.2, 0) is 9.53 Å². The molecule has 0 radical (unpaired) electrons. The zero-order valence-electron chi connectivity index (χ0n) is 11.1. The predicted octanol–water partition coefficient (Wildman–Crippen LogP) is 4.19. The largest absolute Gasteiger partial charge is 0.459 e. The highest BCUT2D eigenvalue weighted by atomic mass is 19.4. The summed E-state index contributed by atoms with van der Waals surface area (Å²) in [5, 5.41) is 0. The number of esters is 1. The fraction of sp³-hybridized carbons (Fsp3) is 0.909. The minimum Gasteiger partial charge on any atom is -0.459 e. The molecular formula is C11H15F7O2. The molecule has 0 atom stereocenters. The van der Waals surface area contributed by atoms with E-state index in [-0.39, 0.29) is 6.42 Å². The first kappa shape index (κ1) is 19.0. The molecule has 0 saturated carbocycles. The van der Waals surface area contributed by atoms with Crippen LogP contribution in [0.5, 0.6) is 0 Å². The number of halogens is 7. The number of carbonyl (C=O) groups excluding carboxylic acids is 1. The van der Waals surface area contributed by atoms with Crippen LogP contribution < -0.4 is 0 Å². The van der Waals surface area contributed by atoms with Crippen LogP contribution in [0.2, 0.25) is 0 Å². The molecule has 0 aliphatic carbocycles. The molecule has 0 saturated heterocycles. The summed E-state index contributed by atoms with van der Waals surface area (Å²) in [6, 6.07) is 0. The van der Waals surface area contributed by atoms with E-state index in [9.17, 15) is 35.5 Å². The molecule has 0 aromatic carbocycles. The molecule has 0 aromatic rings. The van der Waals surface area contributed by atoms with Gasteiger partial charge in [-0.2, -0.15) is 22.0 Å². The van der Waals surface area contributed by atoms with Crippen LogP contribution in [0, 0.1) is 5.41 Å². The van der Waals surface area contributed by atoms with Crippen molar-refractivity contribution in [3.8, 4) is 0 Å². The second kappa shape index (κ2) is 5.77. The number of hydrogen-bond acceptors (Lipinski definition) is 2. The molecule has 0 heterocycles. The lowest BCUT2D eigenvalue weighted by Crippen LogP contribution is -2.44. The lowest BCUT2D eigenvalue weighted by Gasteiger charge is -2.26. The lowest BCUT2D eigenvalue weighted by atomic mass is 9.91. The van der Waals surface area contributed by atoms with Gasteiger partial charge >= 0.3 is 18.1 Å². The Hall–Kier alpha value is -1.02. The SMILES string of the molecule is CCC(C)(C)C(=O)OCC(F)(F)CC(F)(F)C(F)(F)F. The first-order valence-electron chi connectivity index (χ1n) is 5.64. The summed E-state index contributed by atoms with van der Waals surface area (Å²) < 4.78 is 90.7. The Kier molecular flexibility index (Phi) is 5.47. The molecule has 0 fully saturated rings. The van der Waals surface area contributed by atoms with Crippen LogP contribution in [0.25, 0.3) is 0 Å². The fourth-order valence-corrected chi connectivity index (χ4v) is 0.987. The zero-order chi connectivity index (χ0) is 16.4. The van der Waals surface area contributed by atoms with Crippen molar-refractivity contribution in [1.82, 2.24) is 0 Å². The molecule has 0 aromatic heterocycles. The maximum absolute atomic E-state index is 13.0. The number of hydrogen-bond donors (Lipinski definition) is 0. The van der Waals surface area contributed by atoms with Crippen molar-refractivity contribution < 1.29 is 40.3 Å². The molecule has 9 heteroatoms. The topological polar surface area (TPSA) is 26.3 Å². The standard InChI is InChI=1S/C11H15F7O2/c1-4-8(2,3)7(19)20-6-9(12,13)5-10(14,15)11(16,17)18/h4-6H2,1-3H3. The monoisotopic (exact) mass is 312 g/mol. The number of ether oxygens (including phenoxy) is 1. The summed E-state index contributed by atoms with van der Waals surface area (Å²) in [5.74, 6) is -11.1. The highest BCUT2D eigenvalue weighted by Crippen LogP contribution is 2.42. The van der Waals surface area contributed by atoms with Gasteiger partial charge in [-0.05, 0) is 20.3 Å². The van der Waals surface area contributed by atoms with Crippen LogP contribution in [0.3, 0.4) is 0 Å². The van der Waals surface area contributed by atoms with E-state index in [1.807, 2.05) is 0 Å². The third-order valence-corrected chi connectivity index (χ3v) is 2.75. The van der Waals surface area contributed by atoms with Gasteiger partial charge < -0.3 is 4.74 Å². The molecule has 0 aliphatic rings. The van der Waals surface area contributed by atoms with Gasteiger partial charge in [0.1, 0.15) is 0 Å². The summed E-state index contributed by atoms with van der Waals surface area (Å²) in [5.41, 5.74) is -1.12. The van der Waals surface area contributed by atoms with Crippen molar-refractivity contribution in [1.29, 1.82) is 0 Å². The highest BCUT2D eigenvalue weighted by molar-refractivity contribution is 5.75. The molecule has 0 spiro atoms. The van der Waals surface area contributed by atoms with Crippen molar-refractivity contribution in [2.75, 3.05) is 6.61 Å². The first-order valence-corrected chi connectivity index (χ1v) is 5.64. The maximum Gasteiger partial charge on any atom is 0.453 e. The maximum atomic E-state index is 13.0. The second-order valence-electron chi connectivity index (χ2n) is 5.05. The summed E-state index contributed by atoms with van der Waals surface area (Å²) in [6.07, 6.45) is -8.61. The van der Waals surface area contributed by atoms with E-state index in [2.05, 4.69) is 4.74 Å². The number of carbonyl (C=O) groups is 1. The van der Waals surface area contributed by atoms with Gasteiger partial charge in [-0.1, -0.05) is 6.92 Å². The molecule has 0 unspecified atom stereocenters. The molecule has 0 rings (SSSR count). The van der Waals surface area contributed by atoms with Crippen LogP contribution >= 0.6 is 0 Å². The Bertz CT molecular complexity index is 347. The molecule has 0 N–H and O–H groups in total. The summed E-state index contributed by atoms with van der Waals surface area (Å²) in [7, 11) is 0. The normalized spacial score (nSPS) is 14.3. The van der Waals surface area contributed by atoms with Gasteiger partial charge in [-0.15, -0.1) is 0 Å². The van der Waals surface area contributed by atoms with Crippen molar-refractivity contribution in [2.24, 2.45) is 5.41 Å². The molecule has 20 heavy (non-hydrogen) atoms. The van der Waals surface area contributed by atoms with E-state index in [0.717, 1.165) is 0 Å². The van der Waals surface area contributed by atoms with Gasteiger partial charge in [0.05, 0.1) is 11.8 Å². The third-order valence-electron chi connectivity index (χ3n) is 2.75. The van der Waals surface area contributed by atoms with Crippen LogP contribution in [0.15, 0.2) is 0 Å². The molecule has 0 bridgehead atoms. The van der Waals surface area contributed by atoms with Gasteiger partial charge in [0.25, 0.3) is 5.92 Å². The predicted molar refractivity (Wildman–Crippen MR) is 55.6 cm³/mol. The Balaban J connectivity index is 4.67. The summed E-state index contributed by atoms with van der Waals surface area (Å²) in [4.78, 5) is 11.3. The van der Waals surface area contributed by atoms with E-state index >= 15 is 0 Å². The summed E-state index contributed by atoms with van der Waals surface area (Å²) >= 11 is 0. The highest BCUT2D eigenvalue weighted by Gasteiger charge is 2.62. The molecule has 0 amide bonds. The van der Waals surface area contributed by atoms with E-state index in [1.54, 1.807) is 6.92 Å². The fourth-order valence-electron chi connectivity index (χ4n) is 0.987. The Morgan fingerprint density at radius 1 is 1.00 bits per heavy atom.